The molecule has 2 fully saturated rings. The molecule has 0 saturated carbocycles. The third kappa shape index (κ3) is 3.84. The summed E-state index contributed by atoms with van der Waals surface area (Å²) in [4.78, 5) is 27.9. The van der Waals surface area contributed by atoms with Crippen LogP contribution in [-0.2, 0) is 4.79 Å². The molecule has 1 N–H and O–H groups in total. The minimum atomic E-state index is -0.856. The normalized spacial score (nSPS) is 20.7. The van der Waals surface area contributed by atoms with Crippen LogP contribution in [0.4, 0.5) is 8.78 Å². The van der Waals surface area contributed by atoms with Gasteiger partial charge in [0, 0.05) is 38.8 Å². The lowest BCUT2D eigenvalue weighted by Crippen LogP contribution is -2.52. The number of rotatable bonds is 2. The minimum absolute atomic E-state index is 0. The molecule has 1 aromatic carbocycles. The highest BCUT2D eigenvalue weighted by Crippen LogP contribution is 2.16. The van der Waals surface area contributed by atoms with E-state index in [1.54, 1.807) is 4.90 Å². The third-order valence-electron chi connectivity index (χ3n) is 4.45. The summed E-state index contributed by atoms with van der Waals surface area (Å²) in [5.41, 5.74) is -0.133. The Morgan fingerprint density at radius 3 is 2.33 bits per heavy atom. The molecule has 1 aromatic rings. The maximum atomic E-state index is 13.7. The Morgan fingerprint density at radius 1 is 1.08 bits per heavy atom. The van der Waals surface area contributed by atoms with Crippen molar-refractivity contribution < 1.29 is 18.4 Å². The number of carbonyl (C=O) groups is 2. The van der Waals surface area contributed by atoms with Crippen LogP contribution >= 0.6 is 12.4 Å². The van der Waals surface area contributed by atoms with Crippen molar-refractivity contribution in [3.63, 3.8) is 0 Å². The van der Waals surface area contributed by atoms with Gasteiger partial charge >= 0.3 is 0 Å². The summed E-state index contributed by atoms with van der Waals surface area (Å²) in [7, 11) is 0. The second-order valence-corrected chi connectivity index (χ2v) is 5.93. The smallest absolute Gasteiger partial charge is 0.256 e. The maximum Gasteiger partial charge on any atom is 0.256 e. The summed E-state index contributed by atoms with van der Waals surface area (Å²) in [5, 5.41) is 3.17. The molecule has 132 valence electrons. The van der Waals surface area contributed by atoms with Crippen molar-refractivity contribution in [3.05, 3.63) is 35.4 Å². The molecular formula is C16H20ClF2N3O2. The summed E-state index contributed by atoms with van der Waals surface area (Å²) in [6.45, 7) is 3.19. The van der Waals surface area contributed by atoms with Gasteiger partial charge in [-0.1, -0.05) is 0 Å². The molecule has 5 nitrogen and oxygen atoms in total. The van der Waals surface area contributed by atoms with E-state index in [4.69, 9.17) is 0 Å². The highest BCUT2D eigenvalue weighted by atomic mass is 35.5. The topological polar surface area (TPSA) is 52.7 Å². The number of nitrogens with one attached hydrogen (secondary N) is 1. The fraction of sp³-hybridized carbons (Fsp3) is 0.500. The highest BCUT2D eigenvalue weighted by molar-refractivity contribution is 5.94. The lowest BCUT2D eigenvalue weighted by molar-refractivity contribution is -0.136. The van der Waals surface area contributed by atoms with E-state index in [-0.39, 0.29) is 29.8 Å². The van der Waals surface area contributed by atoms with Gasteiger partial charge in [-0.3, -0.25) is 9.59 Å². The van der Waals surface area contributed by atoms with E-state index in [0.717, 1.165) is 25.1 Å². The van der Waals surface area contributed by atoms with Gasteiger partial charge in [-0.15, -0.1) is 12.4 Å². The van der Waals surface area contributed by atoms with Crippen LogP contribution in [0.25, 0.3) is 0 Å². The Balaban J connectivity index is 0.00000208. The molecule has 1 atom stereocenters. The van der Waals surface area contributed by atoms with E-state index < -0.39 is 17.5 Å². The quantitative estimate of drug-likeness (QED) is 0.865. The second-order valence-electron chi connectivity index (χ2n) is 5.93. The van der Waals surface area contributed by atoms with Gasteiger partial charge < -0.3 is 15.1 Å². The standard InChI is InChI=1S/C16H19F2N3O2.ClH/c17-12-1-2-13(14(18)9-12)16(23)21-7-5-20(6-8-21)15(22)11-3-4-19-10-11;/h1-2,9,11,19H,3-8,10H2;1H. The molecule has 2 saturated heterocycles. The minimum Gasteiger partial charge on any atom is -0.339 e. The van der Waals surface area contributed by atoms with Gasteiger partial charge in [0.2, 0.25) is 5.91 Å². The number of carbonyl (C=O) groups excluding carboxylic acids is 2. The summed E-state index contributed by atoms with van der Waals surface area (Å²) in [5.74, 6) is -1.89. The molecule has 1 unspecified atom stereocenters. The number of benzene rings is 1. The van der Waals surface area contributed by atoms with E-state index in [2.05, 4.69) is 5.32 Å². The molecule has 0 radical (unpaired) electrons. The maximum absolute atomic E-state index is 13.7. The first-order valence-corrected chi connectivity index (χ1v) is 7.80. The van der Waals surface area contributed by atoms with Crippen molar-refractivity contribution in [2.24, 2.45) is 5.92 Å². The van der Waals surface area contributed by atoms with Gasteiger partial charge in [0.05, 0.1) is 11.5 Å². The molecule has 0 aromatic heterocycles. The number of amides is 2. The Labute approximate surface area is 145 Å². The predicted octanol–water partition coefficient (Wildman–Crippen LogP) is 1.28. The molecule has 2 amide bonds. The second kappa shape index (κ2) is 7.90. The van der Waals surface area contributed by atoms with Crippen LogP contribution < -0.4 is 5.32 Å². The van der Waals surface area contributed by atoms with Crippen LogP contribution in [0.15, 0.2) is 18.2 Å². The number of nitrogens with zero attached hydrogens (tertiary/aromatic N) is 2. The first-order chi connectivity index (χ1) is 11.1. The van der Waals surface area contributed by atoms with Crippen molar-refractivity contribution in [1.29, 1.82) is 0 Å². The average molecular weight is 360 g/mol. The molecule has 2 heterocycles. The van der Waals surface area contributed by atoms with Crippen LogP contribution in [0.2, 0.25) is 0 Å². The number of hydrogen-bond donors (Lipinski definition) is 1. The van der Waals surface area contributed by atoms with Gasteiger partial charge in [0.15, 0.2) is 0 Å². The Hall–Kier alpha value is -1.73. The van der Waals surface area contributed by atoms with Crippen molar-refractivity contribution in [1.82, 2.24) is 15.1 Å². The zero-order valence-electron chi connectivity index (χ0n) is 13.1. The van der Waals surface area contributed by atoms with Crippen LogP contribution in [-0.4, -0.2) is 60.9 Å². The molecule has 8 heteroatoms. The molecule has 0 spiro atoms. The fourth-order valence-corrected chi connectivity index (χ4v) is 3.09. The molecule has 2 aliphatic heterocycles. The van der Waals surface area contributed by atoms with Gasteiger partial charge in [-0.2, -0.15) is 0 Å². The van der Waals surface area contributed by atoms with E-state index in [0.29, 0.717) is 38.8 Å². The number of hydrogen-bond acceptors (Lipinski definition) is 3. The van der Waals surface area contributed by atoms with Crippen molar-refractivity contribution in [3.8, 4) is 0 Å². The summed E-state index contributed by atoms with van der Waals surface area (Å²) in [6.07, 6.45) is 0.846. The van der Waals surface area contributed by atoms with E-state index in [9.17, 15) is 18.4 Å². The Kier molecular flexibility index (Phi) is 6.12. The van der Waals surface area contributed by atoms with Gasteiger partial charge in [0.25, 0.3) is 5.91 Å². The molecular weight excluding hydrogens is 340 g/mol. The molecule has 0 aliphatic carbocycles. The van der Waals surface area contributed by atoms with E-state index in [1.807, 2.05) is 0 Å². The SMILES string of the molecule is Cl.O=C(c1ccc(F)cc1F)N1CCN(C(=O)C2CCNC2)CC1. The zero-order valence-corrected chi connectivity index (χ0v) is 14.0. The monoisotopic (exact) mass is 359 g/mol. The number of halogens is 3. The molecule has 0 bridgehead atoms. The predicted molar refractivity (Wildman–Crippen MR) is 87.1 cm³/mol. The first kappa shape index (κ1) is 18.6. The molecule has 3 rings (SSSR count). The van der Waals surface area contributed by atoms with Crippen LogP contribution in [0, 0.1) is 17.6 Å². The van der Waals surface area contributed by atoms with E-state index >= 15 is 0 Å². The first-order valence-electron chi connectivity index (χ1n) is 7.80. The summed E-state index contributed by atoms with van der Waals surface area (Å²) in [6, 6.07) is 2.94. The summed E-state index contributed by atoms with van der Waals surface area (Å²) >= 11 is 0. The zero-order chi connectivity index (χ0) is 16.4. The fourth-order valence-electron chi connectivity index (χ4n) is 3.09. The molecule has 24 heavy (non-hydrogen) atoms. The largest absolute Gasteiger partial charge is 0.339 e. The third-order valence-corrected chi connectivity index (χ3v) is 4.45. The van der Waals surface area contributed by atoms with Gasteiger partial charge in [0.1, 0.15) is 11.6 Å². The lowest BCUT2D eigenvalue weighted by atomic mass is 10.1. The Morgan fingerprint density at radius 2 is 1.75 bits per heavy atom. The van der Waals surface area contributed by atoms with Crippen molar-refractivity contribution >= 4 is 24.2 Å². The van der Waals surface area contributed by atoms with Gasteiger partial charge in [-0.05, 0) is 25.1 Å². The lowest BCUT2D eigenvalue weighted by Gasteiger charge is -2.36. The van der Waals surface area contributed by atoms with Crippen molar-refractivity contribution in [2.75, 3.05) is 39.3 Å². The van der Waals surface area contributed by atoms with Crippen LogP contribution in [0.3, 0.4) is 0 Å². The van der Waals surface area contributed by atoms with E-state index in [1.165, 1.54) is 4.90 Å². The van der Waals surface area contributed by atoms with Crippen molar-refractivity contribution in [2.45, 2.75) is 6.42 Å². The van der Waals surface area contributed by atoms with Crippen LogP contribution in [0.1, 0.15) is 16.8 Å². The van der Waals surface area contributed by atoms with Crippen LogP contribution in [0.5, 0.6) is 0 Å². The molecule has 2 aliphatic rings. The van der Waals surface area contributed by atoms with Gasteiger partial charge in [-0.25, -0.2) is 8.78 Å². The Bertz CT molecular complexity index is 615. The highest BCUT2D eigenvalue weighted by Gasteiger charge is 2.31. The average Bonchev–Trinajstić information content (AvgIpc) is 3.08. The summed E-state index contributed by atoms with van der Waals surface area (Å²) < 4.78 is 26.6. The number of piperazine rings is 1.